The lowest BCUT2D eigenvalue weighted by Gasteiger charge is -2.25. The van der Waals surface area contributed by atoms with Crippen LogP contribution >= 0.6 is 0 Å². The number of hydrogen-bond acceptors (Lipinski definition) is 3. The largest absolute Gasteiger partial charge is 0.391 e. The minimum atomic E-state index is -2.15. The van der Waals surface area contributed by atoms with Crippen LogP contribution in [0.25, 0.3) is 0 Å². The van der Waals surface area contributed by atoms with E-state index in [4.69, 9.17) is 13.6 Å². The zero-order valence-corrected chi connectivity index (χ0v) is 12.1. The minimum Gasteiger partial charge on any atom is -0.391 e. The van der Waals surface area contributed by atoms with Crippen molar-refractivity contribution in [2.24, 2.45) is 0 Å². The SMILES string of the molecule is C=C[Si](C)(OCCCOCCC)OC(C)C. The summed E-state index contributed by atoms with van der Waals surface area (Å²) in [5, 5.41) is 0. The summed E-state index contributed by atoms with van der Waals surface area (Å²) in [6.07, 6.45) is 2.17. The second kappa shape index (κ2) is 8.93. The maximum absolute atomic E-state index is 5.79. The molecule has 96 valence electrons. The van der Waals surface area contributed by atoms with E-state index >= 15 is 0 Å². The van der Waals surface area contributed by atoms with Crippen LogP contribution in [0.3, 0.4) is 0 Å². The molecule has 4 heteroatoms. The molecule has 0 saturated heterocycles. The van der Waals surface area contributed by atoms with Crippen molar-refractivity contribution in [3.63, 3.8) is 0 Å². The van der Waals surface area contributed by atoms with Gasteiger partial charge in [-0.1, -0.05) is 6.92 Å². The first-order valence-corrected chi connectivity index (χ1v) is 8.46. The molecular formula is C12H26O3Si. The van der Waals surface area contributed by atoms with Crippen molar-refractivity contribution >= 4 is 8.56 Å². The quantitative estimate of drug-likeness (QED) is 0.438. The summed E-state index contributed by atoms with van der Waals surface area (Å²) < 4.78 is 16.9. The van der Waals surface area contributed by atoms with E-state index in [2.05, 4.69) is 13.5 Å². The van der Waals surface area contributed by atoms with Crippen molar-refractivity contribution < 1.29 is 13.6 Å². The third kappa shape index (κ3) is 8.04. The molecule has 0 amide bonds. The summed E-state index contributed by atoms with van der Waals surface area (Å²) in [5.74, 6) is 0. The van der Waals surface area contributed by atoms with E-state index in [0.717, 1.165) is 26.1 Å². The van der Waals surface area contributed by atoms with Crippen LogP contribution in [-0.4, -0.2) is 34.5 Å². The topological polar surface area (TPSA) is 27.7 Å². The molecule has 0 bridgehead atoms. The highest BCUT2D eigenvalue weighted by Crippen LogP contribution is 2.11. The Bertz CT molecular complexity index is 185. The Kier molecular flexibility index (Phi) is 8.84. The van der Waals surface area contributed by atoms with Crippen molar-refractivity contribution in [3.8, 4) is 0 Å². The minimum absolute atomic E-state index is 0.186. The van der Waals surface area contributed by atoms with E-state index in [1.165, 1.54) is 0 Å². The molecule has 0 aliphatic carbocycles. The summed E-state index contributed by atoms with van der Waals surface area (Å²) in [5.41, 5.74) is 1.83. The average Bonchev–Trinajstić information content (AvgIpc) is 2.22. The van der Waals surface area contributed by atoms with Gasteiger partial charge < -0.3 is 13.6 Å². The van der Waals surface area contributed by atoms with Gasteiger partial charge in [0, 0.05) is 25.9 Å². The molecule has 0 aromatic rings. The first-order valence-electron chi connectivity index (χ1n) is 6.07. The molecule has 1 unspecified atom stereocenters. The van der Waals surface area contributed by atoms with E-state index in [9.17, 15) is 0 Å². The lowest BCUT2D eigenvalue weighted by molar-refractivity contribution is 0.103. The van der Waals surface area contributed by atoms with Crippen molar-refractivity contribution in [1.82, 2.24) is 0 Å². The van der Waals surface area contributed by atoms with Crippen molar-refractivity contribution in [3.05, 3.63) is 12.3 Å². The molecule has 3 nitrogen and oxygen atoms in total. The predicted molar refractivity (Wildman–Crippen MR) is 69.7 cm³/mol. The molecule has 0 N–H and O–H groups in total. The van der Waals surface area contributed by atoms with E-state index < -0.39 is 8.56 Å². The molecule has 0 spiro atoms. The predicted octanol–water partition coefficient (Wildman–Crippen LogP) is 3.04. The Balaban J connectivity index is 3.65. The molecule has 0 rings (SSSR count). The Morgan fingerprint density at radius 1 is 1.25 bits per heavy atom. The fourth-order valence-electron chi connectivity index (χ4n) is 1.29. The molecule has 0 saturated carbocycles. The van der Waals surface area contributed by atoms with Gasteiger partial charge in [-0.3, -0.25) is 0 Å². The first kappa shape index (κ1) is 15.8. The van der Waals surface area contributed by atoms with Crippen molar-refractivity contribution in [2.45, 2.75) is 46.3 Å². The highest BCUT2D eigenvalue weighted by atomic mass is 28.4. The van der Waals surface area contributed by atoms with Gasteiger partial charge in [0.1, 0.15) is 0 Å². The van der Waals surface area contributed by atoms with Crippen LogP contribution in [0.1, 0.15) is 33.6 Å². The number of ether oxygens (including phenoxy) is 1. The van der Waals surface area contributed by atoms with Crippen LogP contribution in [0.2, 0.25) is 6.55 Å². The molecule has 1 atom stereocenters. The van der Waals surface area contributed by atoms with Gasteiger partial charge in [-0.15, -0.1) is 6.58 Å². The smallest absolute Gasteiger partial charge is 0.361 e. The maximum Gasteiger partial charge on any atom is 0.361 e. The lowest BCUT2D eigenvalue weighted by Crippen LogP contribution is -2.39. The molecule has 0 radical (unpaired) electrons. The zero-order chi connectivity index (χ0) is 12.4. The van der Waals surface area contributed by atoms with E-state index in [1.807, 2.05) is 26.1 Å². The van der Waals surface area contributed by atoms with Gasteiger partial charge in [0.2, 0.25) is 0 Å². The Labute approximate surface area is 101 Å². The molecule has 0 heterocycles. The Morgan fingerprint density at radius 2 is 1.94 bits per heavy atom. The molecule has 0 fully saturated rings. The summed E-state index contributed by atoms with van der Waals surface area (Å²) in [6, 6.07) is 0. The monoisotopic (exact) mass is 246 g/mol. The van der Waals surface area contributed by atoms with Gasteiger partial charge >= 0.3 is 8.56 Å². The fraction of sp³-hybridized carbons (Fsp3) is 0.833. The van der Waals surface area contributed by atoms with Gasteiger partial charge in [-0.05, 0) is 38.9 Å². The molecule has 0 aromatic carbocycles. The highest BCUT2D eigenvalue weighted by Gasteiger charge is 2.28. The van der Waals surface area contributed by atoms with Crippen LogP contribution in [-0.2, 0) is 13.6 Å². The summed E-state index contributed by atoms with van der Waals surface area (Å²) in [6.45, 7) is 14.2. The zero-order valence-electron chi connectivity index (χ0n) is 11.1. The third-order valence-corrected chi connectivity index (χ3v) is 4.47. The molecule has 0 aromatic heterocycles. The summed E-state index contributed by atoms with van der Waals surface area (Å²) >= 11 is 0. The van der Waals surface area contributed by atoms with E-state index in [1.54, 1.807) is 0 Å². The van der Waals surface area contributed by atoms with Gasteiger partial charge in [0.15, 0.2) is 0 Å². The Morgan fingerprint density at radius 3 is 2.44 bits per heavy atom. The van der Waals surface area contributed by atoms with Crippen LogP contribution in [0.5, 0.6) is 0 Å². The second-order valence-electron chi connectivity index (χ2n) is 4.20. The molecular weight excluding hydrogens is 220 g/mol. The Hall–Kier alpha value is -0.163. The standard InChI is InChI=1S/C12H26O3Si/c1-6-9-13-10-8-11-14-16(5,7-2)15-12(3)4/h7,12H,2,6,8-11H2,1,3-5H3. The van der Waals surface area contributed by atoms with E-state index in [0.29, 0.717) is 6.61 Å². The summed E-state index contributed by atoms with van der Waals surface area (Å²) in [7, 11) is -2.15. The molecule has 16 heavy (non-hydrogen) atoms. The van der Waals surface area contributed by atoms with Gasteiger partial charge in [0.25, 0.3) is 0 Å². The van der Waals surface area contributed by atoms with Crippen LogP contribution in [0, 0.1) is 0 Å². The maximum atomic E-state index is 5.79. The van der Waals surface area contributed by atoms with Crippen molar-refractivity contribution in [1.29, 1.82) is 0 Å². The van der Waals surface area contributed by atoms with Crippen LogP contribution in [0.15, 0.2) is 12.3 Å². The van der Waals surface area contributed by atoms with Crippen LogP contribution in [0.4, 0.5) is 0 Å². The van der Waals surface area contributed by atoms with E-state index in [-0.39, 0.29) is 6.10 Å². The second-order valence-corrected chi connectivity index (χ2v) is 7.17. The molecule has 0 aliphatic rings. The van der Waals surface area contributed by atoms with Gasteiger partial charge in [0.05, 0.1) is 0 Å². The van der Waals surface area contributed by atoms with Crippen molar-refractivity contribution in [2.75, 3.05) is 19.8 Å². The van der Waals surface area contributed by atoms with Gasteiger partial charge in [-0.2, -0.15) is 0 Å². The third-order valence-electron chi connectivity index (χ3n) is 2.01. The van der Waals surface area contributed by atoms with Crippen LogP contribution < -0.4 is 0 Å². The highest BCUT2D eigenvalue weighted by molar-refractivity contribution is 6.71. The average molecular weight is 246 g/mol. The summed E-state index contributed by atoms with van der Waals surface area (Å²) in [4.78, 5) is 0. The number of hydrogen-bond donors (Lipinski definition) is 0. The number of rotatable bonds is 10. The fourth-order valence-corrected chi connectivity index (χ4v) is 3.06. The normalized spacial score (nSPS) is 15.1. The molecule has 0 aliphatic heterocycles. The first-order chi connectivity index (χ1) is 7.54. The lowest BCUT2D eigenvalue weighted by atomic mass is 10.5. The van der Waals surface area contributed by atoms with Gasteiger partial charge in [-0.25, -0.2) is 0 Å².